The van der Waals surface area contributed by atoms with Gasteiger partial charge in [0.05, 0.1) is 11.4 Å². The molecule has 0 aliphatic rings. The number of hydrogen-bond acceptors (Lipinski definition) is 3. The van der Waals surface area contributed by atoms with Crippen molar-refractivity contribution in [2.24, 2.45) is 0 Å². The Morgan fingerprint density at radius 1 is 1.00 bits per heavy atom. The Morgan fingerprint density at radius 3 is 2.19 bits per heavy atom. The van der Waals surface area contributed by atoms with Crippen LogP contribution in [-0.2, 0) is 14.8 Å². The zero-order chi connectivity index (χ0) is 19.2. The molecule has 140 valence electrons. The van der Waals surface area contributed by atoms with Crippen LogP contribution in [0.25, 0.3) is 0 Å². The summed E-state index contributed by atoms with van der Waals surface area (Å²) in [5, 5.41) is 0. The minimum atomic E-state index is -3.70. The highest BCUT2D eigenvalue weighted by molar-refractivity contribution is 7.89. The molecule has 0 N–H and O–H groups in total. The number of para-hydroxylation sites is 1. The van der Waals surface area contributed by atoms with E-state index < -0.39 is 10.0 Å². The van der Waals surface area contributed by atoms with Crippen LogP contribution in [0, 0.1) is 6.92 Å². The lowest BCUT2D eigenvalue weighted by atomic mass is 10.2. The minimum absolute atomic E-state index is 0.193. The van der Waals surface area contributed by atoms with Crippen molar-refractivity contribution >= 4 is 21.6 Å². The Bertz CT molecular complexity index is 818. The topological polar surface area (TPSA) is 57.7 Å². The van der Waals surface area contributed by atoms with Crippen molar-refractivity contribution in [2.75, 3.05) is 25.0 Å². The van der Waals surface area contributed by atoms with Crippen LogP contribution in [0.3, 0.4) is 0 Å². The van der Waals surface area contributed by atoms with Gasteiger partial charge in [-0.25, -0.2) is 8.42 Å². The lowest BCUT2D eigenvalue weighted by molar-refractivity contribution is -0.118. The van der Waals surface area contributed by atoms with Crippen molar-refractivity contribution in [3.05, 3.63) is 60.2 Å². The van der Waals surface area contributed by atoms with Gasteiger partial charge in [-0.15, -0.1) is 0 Å². The van der Waals surface area contributed by atoms with Crippen LogP contribution in [0.4, 0.5) is 5.69 Å². The first-order chi connectivity index (χ1) is 12.4. The number of carbonyl (C=O) groups is 1. The summed E-state index contributed by atoms with van der Waals surface area (Å²) in [6.07, 6.45) is 1.81. The third-order valence-electron chi connectivity index (χ3n) is 4.19. The van der Waals surface area contributed by atoms with E-state index in [1.165, 1.54) is 7.05 Å². The third kappa shape index (κ3) is 4.93. The third-order valence-corrected chi connectivity index (χ3v) is 6.01. The predicted octanol–water partition coefficient (Wildman–Crippen LogP) is 3.45. The van der Waals surface area contributed by atoms with Gasteiger partial charge in [-0.1, -0.05) is 49.2 Å². The zero-order valence-electron chi connectivity index (χ0n) is 15.6. The van der Waals surface area contributed by atoms with Crippen LogP contribution >= 0.6 is 0 Å². The molecule has 2 aromatic rings. The summed E-state index contributed by atoms with van der Waals surface area (Å²) in [6.45, 7) is 4.32. The molecule has 0 heterocycles. The van der Waals surface area contributed by atoms with Gasteiger partial charge in [-0.2, -0.15) is 4.31 Å². The highest BCUT2D eigenvalue weighted by atomic mass is 32.2. The van der Waals surface area contributed by atoms with Crippen molar-refractivity contribution in [3.63, 3.8) is 0 Å². The summed E-state index contributed by atoms with van der Waals surface area (Å²) in [5.74, 6) is -0.233. The normalized spacial score (nSPS) is 11.5. The number of unbranched alkanes of at least 4 members (excludes halogenated alkanes) is 1. The molecule has 0 bridgehead atoms. The fourth-order valence-electron chi connectivity index (χ4n) is 2.57. The van der Waals surface area contributed by atoms with E-state index in [0.717, 1.165) is 28.4 Å². The van der Waals surface area contributed by atoms with Gasteiger partial charge in [0.15, 0.2) is 0 Å². The van der Waals surface area contributed by atoms with E-state index in [1.807, 2.05) is 37.3 Å². The molecule has 0 saturated carbocycles. The second-order valence-corrected chi connectivity index (χ2v) is 8.35. The van der Waals surface area contributed by atoms with Crippen LogP contribution in [0.5, 0.6) is 0 Å². The number of likely N-dealkylation sites (N-methyl/N-ethyl adjacent to an activating group) is 1. The quantitative estimate of drug-likeness (QED) is 0.711. The maximum Gasteiger partial charge on any atom is 0.243 e. The van der Waals surface area contributed by atoms with E-state index in [1.54, 1.807) is 29.2 Å². The fraction of sp³-hybridized carbons (Fsp3) is 0.350. The maximum absolute atomic E-state index is 12.8. The second kappa shape index (κ2) is 8.96. The molecule has 0 aliphatic heterocycles. The van der Waals surface area contributed by atoms with Gasteiger partial charge in [0, 0.05) is 19.3 Å². The molecular formula is C20H26N2O3S. The standard InChI is InChI=1S/C20H26N2O3S/c1-4-5-15-22(18-9-7-6-8-10-18)20(23)16-21(3)26(24,25)19-13-11-17(2)12-14-19/h6-14H,4-5,15-16H2,1-3H3. The average Bonchev–Trinajstić information content (AvgIpc) is 2.63. The molecule has 0 aromatic heterocycles. The summed E-state index contributed by atoms with van der Waals surface area (Å²) < 4.78 is 26.5. The molecule has 2 rings (SSSR count). The van der Waals surface area contributed by atoms with Crippen LogP contribution in [-0.4, -0.2) is 38.8 Å². The maximum atomic E-state index is 12.8. The molecule has 5 nitrogen and oxygen atoms in total. The van der Waals surface area contributed by atoms with Gasteiger partial charge in [-0.3, -0.25) is 4.79 Å². The predicted molar refractivity (Wildman–Crippen MR) is 105 cm³/mol. The van der Waals surface area contributed by atoms with E-state index in [9.17, 15) is 13.2 Å². The number of amides is 1. The van der Waals surface area contributed by atoms with Crippen LogP contribution in [0.15, 0.2) is 59.5 Å². The largest absolute Gasteiger partial charge is 0.311 e. The van der Waals surface area contributed by atoms with Crippen LogP contribution < -0.4 is 4.90 Å². The van der Waals surface area contributed by atoms with Crippen molar-refractivity contribution in [1.82, 2.24) is 4.31 Å². The number of carbonyl (C=O) groups excluding carboxylic acids is 1. The Kier molecular flexibility index (Phi) is 6.94. The lowest BCUT2D eigenvalue weighted by Gasteiger charge is -2.25. The number of sulfonamides is 1. The first-order valence-corrected chi connectivity index (χ1v) is 10.2. The highest BCUT2D eigenvalue weighted by Gasteiger charge is 2.25. The average molecular weight is 375 g/mol. The summed E-state index contributed by atoms with van der Waals surface area (Å²) in [4.78, 5) is 14.7. The summed E-state index contributed by atoms with van der Waals surface area (Å²) in [6, 6.07) is 16.0. The van der Waals surface area contributed by atoms with Crippen LogP contribution in [0.2, 0.25) is 0 Å². The monoisotopic (exact) mass is 374 g/mol. The van der Waals surface area contributed by atoms with E-state index in [-0.39, 0.29) is 17.3 Å². The second-order valence-electron chi connectivity index (χ2n) is 6.31. The summed E-state index contributed by atoms with van der Waals surface area (Å²) in [7, 11) is -2.26. The molecule has 0 fully saturated rings. The van der Waals surface area contributed by atoms with E-state index >= 15 is 0 Å². The van der Waals surface area contributed by atoms with E-state index in [0.29, 0.717) is 6.54 Å². The lowest BCUT2D eigenvalue weighted by Crippen LogP contribution is -2.41. The van der Waals surface area contributed by atoms with Crippen molar-refractivity contribution in [2.45, 2.75) is 31.6 Å². The molecule has 0 spiro atoms. The van der Waals surface area contributed by atoms with Gasteiger partial charge in [0.25, 0.3) is 0 Å². The number of hydrogen-bond donors (Lipinski definition) is 0. The van der Waals surface area contributed by atoms with Gasteiger partial charge < -0.3 is 4.90 Å². The molecule has 1 amide bonds. The van der Waals surface area contributed by atoms with Crippen molar-refractivity contribution in [3.8, 4) is 0 Å². The molecule has 6 heteroatoms. The highest BCUT2D eigenvalue weighted by Crippen LogP contribution is 2.18. The number of anilines is 1. The number of aryl methyl sites for hydroxylation is 1. The molecule has 0 atom stereocenters. The Labute approximate surface area is 156 Å². The van der Waals surface area contributed by atoms with Crippen LogP contribution in [0.1, 0.15) is 25.3 Å². The Hall–Kier alpha value is -2.18. The van der Waals surface area contributed by atoms with Gasteiger partial charge >= 0.3 is 0 Å². The molecule has 0 saturated heterocycles. The molecule has 0 unspecified atom stereocenters. The number of nitrogens with zero attached hydrogens (tertiary/aromatic N) is 2. The SMILES string of the molecule is CCCCN(C(=O)CN(C)S(=O)(=O)c1ccc(C)cc1)c1ccccc1. The Morgan fingerprint density at radius 2 is 1.62 bits per heavy atom. The molecular weight excluding hydrogens is 348 g/mol. The van der Waals surface area contributed by atoms with Crippen molar-refractivity contribution < 1.29 is 13.2 Å². The molecule has 26 heavy (non-hydrogen) atoms. The smallest absolute Gasteiger partial charge is 0.243 e. The minimum Gasteiger partial charge on any atom is -0.311 e. The first-order valence-electron chi connectivity index (χ1n) is 8.74. The fourth-order valence-corrected chi connectivity index (χ4v) is 3.69. The molecule has 0 radical (unpaired) electrons. The van der Waals surface area contributed by atoms with Gasteiger partial charge in [-0.05, 0) is 37.6 Å². The number of benzene rings is 2. The van der Waals surface area contributed by atoms with E-state index in [4.69, 9.17) is 0 Å². The first kappa shape index (κ1) is 20.1. The molecule has 0 aliphatic carbocycles. The van der Waals surface area contributed by atoms with Gasteiger partial charge in [0.1, 0.15) is 0 Å². The Balaban J connectivity index is 2.18. The molecule has 2 aromatic carbocycles. The van der Waals surface area contributed by atoms with Crippen molar-refractivity contribution in [1.29, 1.82) is 0 Å². The number of rotatable bonds is 8. The zero-order valence-corrected chi connectivity index (χ0v) is 16.4. The van der Waals surface area contributed by atoms with E-state index in [2.05, 4.69) is 6.92 Å². The summed E-state index contributed by atoms with van der Waals surface area (Å²) >= 11 is 0. The summed E-state index contributed by atoms with van der Waals surface area (Å²) in [5.41, 5.74) is 1.77. The van der Waals surface area contributed by atoms with Gasteiger partial charge in [0.2, 0.25) is 15.9 Å².